The Labute approximate surface area is 148 Å². The van der Waals surface area contributed by atoms with E-state index in [0.717, 1.165) is 5.56 Å². The summed E-state index contributed by atoms with van der Waals surface area (Å²) in [4.78, 5) is 23.8. The smallest absolute Gasteiger partial charge is 0.409 e. The number of carbonyl (C=O) groups excluding carboxylic acids is 2. The van der Waals surface area contributed by atoms with E-state index in [1.54, 1.807) is 20.8 Å². The molecule has 7 heteroatoms. The van der Waals surface area contributed by atoms with Gasteiger partial charge in [-0.2, -0.15) is 0 Å². The highest BCUT2D eigenvalue weighted by Crippen LogP contribution is 2.17. The molecule has 0 aliphatic rings. The van der Waals surface area contributed by atoms with Crippen molar-refractivity contribution in [3.63, 3.8) is 0 Å². The number of carbonyl (C=O) groups is 2. The lowest BCUT2D eigenvalue weighted by Gasteiger charge is -2.29. The van der Waals surface area contributed by atoms with Gasteiger partial charge in [0.05, 0.1) is 6.61 Å². The van der Waals surface area contributed by atoms with E-state index < -0.39 is 30.3 Å². The molecular weight excluding hydrogens is 326 g/mol. The molecule has 0 aromatic heterocycles. The number of aliphatic hydroxyl groups excluding tert-OH is 1. The molecule has 140 valence electrons. The molecule has 0 bridgehead atoms. The van der Waals surface area contributed by atoms with Crippen LogP contribution in [0.2, 0.25) is 0 Å². The van der Waals surface area contributed by atoms with Gasteiger partial charge in [0.2, 0.25) is 0 Å². The third-order valence-corrected chi connectivity index (χ3v) is 3.61. The molecule has 7 nitrogen and oxygen atoms in total. The number of ether oxygens (including phenoxy) is 3. The van der Waals surface area contributed by atoms with E-state index in [1.807, 2.05) is 30.3 Å². The zero-order valence-corrected chi connectivity index (χ0v) is 14.9. The number of aliphatic hydroxyl groups is 1. The van der Waals surface area contributed by atoms with Gasteiger partial charge in [-0.05, 0) is 25.8 Å². The summed E-state index contributed by atoms with van der Waals surface area (Å²) in [7, 11) is 0. The zero-order valence-electron chi connectivity index (χ0n) is 14.9. The average molecular weight is 353 g/mol. The molecule has 0 heterocycles. The SMILES string of the molecule is CCOC(=O)[C@@H](O)[C@@H](CC)C(NC(=O)OCc1ccccc1)OCC. The fourth-order valence-corrected chi connectivity index (χ4v) is 2.34. The Hall–Kier alpha value is -2.12. The minimum Gasteiger partial charge on any atom is -0.464 e. The number of benzene rings is 1. The standard InChI is InChI=1S/C18H27NO6/c1-4-14(15(20)17(21)24-6-3)16(23-5-2)19-18(22)25-12-13-10-8-7-9-11-13/h7-11,14-16,20H,4-6,12H2,1-3H3,(H,19,22)/t14-,15+,16?/m1/s1. The number of nitrogens with one attached hydrogen (secondary N) is 1. The maximum Gasteiger partial charge on any atom is 0.409 e. The first-order valence-electron chi connectivity index (χ1n) is 8.46. The van der Waals surface area contributed by atoms with Crippen LogP contribution in [0.4, 0.5) is 4.79 Å². The fourth-order valence-electron chi connectivity index (χ4n) is 2.34. The molecule has 0 saturated heterocycles. The predicted octanol–water partition coefficient (Wildman–Crippen LogP) is 2.23. The van der Waals surface area contributed by atoms with Crippen molar-refractivity contribution in [2.75, 3.05) is 13.2 Å². The molecule has 0 radical (unpaired) electrons. The first kappa shape index (κ1) is 20.9. The van der Waals surface area contributed by atoms with E-state index in [0.29, 0.717) is 13.0 Å². The number of alkyl carbamates (subject to hydrolysis) is 1. The monoisotopic (exact) mass is 353 g/mol. The van der Waals surface area contributed by atoms with Gasteiger partial charge in [-0.25, -0.2) is 9.59 Å². The van der Waals surface area contributed by atoms with Gasteiger partial charge in [0.25, 0.3) is 0 Å². The Morgan fingerprint density at radius 3 is 2.32 bits per heavy atom. The third-order valence-electron chi connectivity index (χ3n) is 3.61. The summed E-state index contributed by atoms with van der Waals surface area (Å²) >= 11 is 0. The van der Waals surface area contributed by atoms with E-state index in [9.17, 15) is 14.7 Å². The van der Waals surface area contributed by atoms with E-state index in [4.69, 9.17) is 14.2 Å². The lowest BCUT2D eigenvalue weighted by atomic mass is 9.97. The number of esters is 1. The number of amides is 1. The van der Waals surface area contributed by atoms with Crippen LogP contribution < -0.4 is 5.32 Å². The highest BCUT2D eigenvalue weighted by atomic mass is 16.6. The van der Waals surface area contributed by atoms with E-state index in [-0.39, 0.29) is 13.2 Å². The summed E-state index contributed by atoms with van der Waals surface area (Å²) in [5.41, 5.74) is 0.851. The van der Waals surface area contributed by atoms with E-state index in [1.165, 1.54) is 0 Å². The maximum atomic E-state index is 12.0. The lowest BCUT2D eigenvalue weighted by Crippen LogP contribution is -2.48. The minimum absolute atomic E-state index is 0.114. The molecule has 0 fully saturated rings. The van der Waals surface area contributed by atoms with Gasteiger partial charge in [-0.15, -0.1) is 0 Å². The zero-order chi connectivity index (χ0) is 18.7. The van der Waals surface area contributed by atoms with Gasteiger partial charge in [0.15, 0.2) is 6.10 Å². The molecule has 0 aliphatic heterocycles. The summed E-state index contributed by atoms with van der Waals surface area (Å²) in [6, 6.07) is 9.25. The second-order valence-corrected chi connectivity index (χ2v) is 5.35. The van der Waals surface area contributed by atoms with Gasteiger partial charge in [-0.3, -0.25) is 5.32 Å². The largest absolute Gasteiger partial charge is 0.464 e. The predicted molar refractivity (Wildman–Crippen MR) is 91.6 cm³/mol. The number of hydrogen-bond donors (Lipinski definition) is 2. The molecule has 25 heavy (non-hydrogen) atoms. The number of hydrogen-bond acceptors (Lipinski definition) is 6. The van der Waals surface area contributed by atoms with Crippen LogP contribution in [-0.2, 0) is 25.6 Å². The highest BCUT2D eigenvalue weighted by molar-refractivity contribution is 5.75. The molecule has 0 spiro atoms. The van der Waals surface area contributed by atoms with Gasteiger partial charge < -0.3 is 19.3 Å². The van der Waals surface area contributed by atoms with Crippen LogP contribution in [0.1, 0.15) is 32.8 Å². The van der Waals surface area contributed by atoms with Crippen molar-refractivity contribution in [2.45, 2.75) is 46.1 Å². The second kappa shape index (κ2) is 11.4. The van der Waals surface area contributed by atoms with Crippen molar-refractivity contribution in [1.29, 1.82) is 0 Å². The van der Waals surface area contributed by atoms with Gasteiger partial charge >= 0.3 is 12.1 Å². The van der Waals surface area contributed by atoms with Gasteiger partial charge in [-0.1, -0.05) is 37.3 Å². The molecule has 3 atom stereocenters. The van der Waals surface area contributed by atoms with Crippen molar-refractivity contribution >= 4 is 12.1 Å². The summed E-state index contributed by atoms with van der Waals surface area (Å²) in [6.45, 7) is 5.78. The molecule has 1 amide bonds. The van der Waals surface area contributed by atoms with Crippen LogP contribution in [0.15, 0.2) is 30.3 Å². The number of rotatable bonds is 10. The molecular formula is C18H27NO6. The summed E-state index contributed by atoms with van der Waals surface area (Å²) in [5.74, 6) is -1.39. The normalized spacial score (nSPS) is 14.2. The van der Waals surface area contributed by atoms with Crippen LogP contribution >= 0.6 is 0 Å². The topological polar surface area (TPSA) is 94.1 Å². The molecule has 1 rings (SSSR count). The average Bonchev–Trinajstić information content (AvgIpc) is 2.61. The van der Waals surface area contributed by atoms with Crippen molar-refractivity contribution in [3.8, 4) is 0 Å². The molecule has 1 unspecified atom stereocenters. The molecule has 0 aliphatic carbocycles. The lowest BCUT2D eigenvalue weighted by molar-refractivity contribution is -0.161. The van der Waals surface area contributed by atoms with Gasteiger partial charge in [0, 0.05) is 12.5 Å². The Morgan fingerprint density at radius 1 is 1.08 bits per heavy atom. The van der Waals surface area contributed by atoms with E-state index in [2.05, 4.69) is 5.32 Å². The molecule has 1 aromatic rings. The third kappa shape index (κ3) is 7.11. The Bertz CT molecular complexity index is 522. The summed E-state index contributed by atoms with van der Waals surface area (Å²) < 4.78 is 15.5. The summed E-state index contributed by atoms with van der Waals surface area (Å²) in [6.07, 6.45) is -2.53. The molecule has 1 aromatic carbocycles. The van der Waals surface area contributed by atoms with Crippen LogP contribution in [0, 0.1) is 5.92 Å². The second-order valence-electron chi connectivity index (χ2n) is 5.35. The summed E-state index contributed by atoms with van der Waals surface area (Å²) in [5, 5.41) is 12.7. The van der Waals surface area contributed by atoms with Crippen molar-refractivity contribution < 1.29 is 28.9 Å². The molecule has 2 N–H and O–H groups in total. The quantitative estimate of drug-likeness (QED) is 0.495. The first-order valence-corrected chi connectivity index (χ1v) is 8.46. The fraction of sp³-hybridized carbons (Fsp3) is 0.556. The van der Waals surface area contributed by atoms with Crippen molar-refractivity contribution in [1.82, 2.24) is 5.32 Å². The molecule has 0 saturated carbocycles. The van der Waals surface area contributed by atoms with Gasteiger partial charge in [0.1, 0.15) is 12.8 Å². The Balaban J connectivity index is 2.66. The first-order chi connectivity index (χ1) is 12.0. The maximum absolute atomic E-state index is 12.0. The van der Waals surface area contributed by atoms with Crippen molar-refractivity contribution in [2.24, 2.45) is 5.92 Å². The minimum atomic E-state index is -1.39. The van der Waals surface area contributed by atoms with Crippen LogP contribution in [0.5, 0.6) is 0 Å². The van der Waals surface area contributed by atoms with E-state index >= 15 is 0 Å². The van der Waals surface area contributed by atoms with Crippen LogP contribution in [-0.4, -0.2) is 42.7 Å². The van der Waals surface area contributed by atoms with Crippen LogP contribution in [0.3, 0.4) is 0 Å². The Morgan fingerprint density at radius 2 is 1.76 bits per heavy atom. The Kier molecular flexibility index (Phi) is 9.57. The highest BCUT2D eigenvalue weighted by Gasteiger charge is 2.34. The van der Waals surface area contributed by atoms with Crippen molar-refractivity contribution in [3.05, 3.63) is 35.9 Å². The van der Waals surface area contributed by atoms with Crippen LogP contribution in [0.25, 0.3) is 0 Å².